The van der Waals surface area contributed by atoms with Gasteiger partial charge in [0.2, 0.25) is 0 Å². The number of morpholine rings is 1. The highest BCUT2D eigenvalue weighted by Crippen LogP contribution is 2.42. The van der Waals surface area contributed by atoms with Crippen LogP contribution >= 0.6 is 0 Å². The number of ether oxygens (including phenoxy) is 1. The van der Waals surface area contributed by atoms with E-state index in [0.717, 1.165) is 55.1 Å². The molecule has 0 bridgehead atoms. The molecule has 8 nitrogen and oxygen atoms in total. The van der Waals surface area contributed by atoms with Crippen molar-refractivity contribution in [1.82, 2.24) is 19.6 Å². The summed E-state index contributed by atoms with van der Waals surface area (Å²) in [7, 11) is -3.51. The van der Waals surface area contributed by atoms with Crippen LogP contribution in [0.25, 0.3) is 22.6 Å². The zero-order valence-corrected chi connectivity index (χ0v) is 21.7. The van der Waals surface area contributed by atoms with E-state index < -0.39 is 9.84 Å². The minimum absolute atomic E-state index is 0.103. The minimum atomic E-state index is -3.51. The summed E-state index contributed by atoms with van der Waals surface area (Å²) in [5.41, 5.74) is 5.59. The van der Waals surface area contributed by atoms with E-state index >= 15 is 0 Å². The number of fused-ring (bicyclic) bond motifs is 3. The van der Waals surface area contributed by atoms with Crippen LogP contribution in [-0.2, 0) is 26.9 Å². The molecule has 0 amide bonds. The van der Waals surface area contributed by atoms with Crippen molar-refractivity contribution in [3.63, 3.8) is 0 Å². The number of sulfone groups is 1. The van der Waals surface area contributed by atoms with E-state index in [-0.39, 0.29) is 11.9 Å². The summed E-state index contributed by atoms with van der Waals surface area (Å²) in [6, 6.07) is 15.5. The lowest BCUT2D eigenvalue weighted by atomic mass is 10.0. The molecule has 2 aromatic carbocycles. The third-order valence-corrected chi connectivity index (χ3v) is 9.27. The maximum absolute atomic E-state index is 13.3. The highest BCUT2D eigenvalue weighted by Gasteiger charge is 2.35. The first-order valence-corrected chi connectivity index (χ1v) is 14.5. The van der Waals surface area contributed by atoms with Crippen molar-refractivity contribution in [2.75, 3.05) is 39.4 Å². The number of hydrogen-bond acceptors (Lipinski definition) is 7. The number of nitrogens with zero attached hydrogens (tertiary/aromatic N) is 4. The molecule has 1 aromatic heterocycles. The zero-order valence-electron chi connectivity index (χ0n) is 20.8. The highest BCUT2D eigenvalue weighted by atomic mass is 32.2. The third kappa shape index (κ3) is 4.61. The van der Waals surface area contributed by atoms with Crippen molar-refractivity contribution in [3.8, 4) is 16.9 Å². The number of rotatable bonds is 5. The summed E-state index contributed by atoms with van der Waals surface area (Å²) < 4.78 is 34.0. The van der Waals surface area contributed by atoms with Gasteiger partial charge in [-0.15, -0.1) is 0 Å². The Morgan fingerprint density at radius 3 is 2.59 bits per heavy atom. The molecule has 0 unspecified atom stereocenters. The van der Waals surface area contributed by atoms with Crippen LogP contribution in [0.1, 0.15) is 29.7 Å². The Labute approximate surface area is 217 Å². The number of hydrogen-bond donors (Lipinski definition) is 1. The Bertz CT molecular complexity index is 1430. The second kappa shape index (κ2) is 9.72. The van der Waals surface area contributed by atoms with Crippen molar-refractivity contribution in [2.24, 2.45) is 0 Å². The Kier molecular flexibility index (Phi) is 6.40. The fourth-order valence-electron chi connectivity index (χ4n) is 5.59. The summed E-state index contributed by atoms with van der Waals surface area (Å²) in [5.74, 6) is -0.103. The van der Waals surface area contributed by atoms with Gasteiger partial charge in [0.25, 0.3) is 0 Å². The SMILES string of the molecule is C=C(c1nn(-c2cccc(CN3CCC(O)CC3)c2)c2c1CS(=O)(=O)c1ccccc1-2)N1CCOCC1. The first-order chi connectivity index (χ1) is 17.9. The standard InChI is InChI=1S/C28H32N4O4S/c1-20(31-13-15-36-16-14-31)27-25-19-37(34,35)26-8-3-2-7-24(26)28(25)32(29-27)22-6-4-5-21(17-22)18-30-11-9-23(33)10-12-30/h2-8,17,23,33H,1,9-16,18-19H2. The molecular weight excluding hydrogens is 488 g/mol. The summed E-state index contributed by atoms with van der Waals surface area (Å²) in [6.45, 7) is 9.50. The van der Waals surface area contributed by atoms with Crippen LogP contribution in [0.5, 0.6) is 0 Å². The van der Waals surface area contributed by atoms with Crippen LogP contribution in [-0.4, -0.2) is 78.6 Å². The van der Waals surface area contributed by atoms with Crippen LogP contribution in [0.3, 0.4) is 0 Å². The number of benzene rings is 2. The second-order valence-corrected chi connectivity index (χ2v) is 12.0. The molecule has 0 spiro atoms. The van der Waals surface area contributed by atoms with Crippen molar-refractivity contribution in [1.29, 1.82) is 0 Å². The molecule has 3 aliphatic heterocycles. The molecule has 3 aliphatic rings. The summed E-state index contributed by atoms with van der Waals surface area (Å²) in [5, 5.41) is 14.9. The van der Waals surface area contributed by atoms with Crippen LogP contribution < -0.4 is 0 Å². The van der Waals surface area contributed by atoms with Crippen molar-refractivity contribution >= 4 is 15.5 Å². The number of aliphatic hydroxyl groups is 1. The normalized spacial score (nSPS) is 19.9. The van der Waals surface area contributed by atoms with Crippen molar-refractivity contribution < 1.29 is 18.3 Å². The monoisotopic (exact) mass is 520 g/mol. The van der Waals surface area contributed by atoms with E-state index in [9.17, 15) is 13.5 Å². The number of aliphatic hydroxyl groups excluding tert-OH is 1. The lowest BCUT2D eigenvalue weighted by molar-refractivity contribution is 0.0639. The molecule has 9 heteroatoms. The average Bonchev–Trinajstić information content (AvgIpc) is 3.29. The van der Waals surface area contributed by atoms with Gasteiger partial charge in [0.05, 0.1) is 47.0 Å². The molecule has 0 atom stereocenters. The predicted octanol–water partition coefficient (Wildman–Crippen LogP) is 3.09. The fourth-order valence-corrected chi connectivity index (χ4v) is 7.18. The number of likely N-dealkylation sites (tertiary alicyclic amines) is 1. The van der Waals surface area contributed by atoms with Crippen molar-refractivity contribution in [2.45, 2.75) is 36.1 Å². The van der Waals surface area contributed by atoms with Gasteiger partial charge in [-0.05, 0) is 36.6 Å². The highest BCUT2D eigenvalue weighted by molar-refractivity contribution is 7.90. The Morgan fingerprint density at radius 1 is 1.05 bits per heavy atom. The van der Waals surface area contributed by atoms with E-state index in [1.165, 1.54) is 0 Å². The largest absolute Gasteiger partial charge is 0.393 e. The van der Waals surface area contributed by atoms with Gasteiger partial charge in [0, 0.05) is 43.9 Å². The maximum atomic E-state index is 13.3. The van der Waals surface area contributed by atoms with Gasteiger partial charge in [-0.25, -0.2) is 13.1 Å². The van der Waals surface area contributed by atoms with E-state index in [2.05, 4.69) is 28.5 Å². The molecule has 37 heavy (non-hydrogen) atoms. The second-order valence-electron chi connectivity index (χ2n) is 10.1. The van der Waals surface area contributed by atoms with E-state index in [1.807, 2.05) is 28.9 Å². The quantitative estimate of drug-likeness (QED) is 0.553. The minimum Gasteiger partial charge on any atom is -0.393 e. The zero-order chi connectivity index (χ0) is 25.6. The third-order valence-electron chi connectivity index (χ3n) is 7.58. The number of piperidine rings is 1. The Hall–Kier alpha value is -2.98. The van der Waals surface area contributed by atoms with Gasteiger partial charge in [-0.1, -0.05) is 36.9 Å². The lowest BCUT2D eigenvalue weighted by Gasteiger charge is -2.30. The lowest BCUT2D eigenvalue weighted by Crippen LogP contribution is -2.35. The smallest absolute Gasteiger partial charge is 0.183 e. The van der Waals surface area contributed by atoms with Crippen LogP contribution in [0.2, 0.25) is 0 Å². The van der Waals surface area contributed by atoms with Gasteiger partial charge in [-0.3, -0.25) is 4.90 Å². The maximum Gasteiger partial charge on any atom is 0.183 e. The first kappa shape index (κ1) is 24.4. The van der Waals surface area contributed by atoms with Gasteiger partial charge < -0.3 is 14.7 Å². The van der Waals surface area contributed by atoms with E-state index in [4.69, 9.17) is 9.84 Å². The van der Waals surface area contributed by atoms with Gasteiger partial charge >= 0.3 is 0 Å². The molecule has 2 fully saturated rings. The molecule has 0 saturated carbocycles. The van der Waals surface area contributed by atoms with Crippen LogP contribution in [0, 0.1) is 0 Å². The van der Waals surface area contributed by atoms with Crippen molar-refractivity contribution in [3.05, 3.63) is 71.9 Å². The van der Waals surface area contributed by atoms with E-state index in [0.29, 0.717) is 48.0 Å². The van der Waals surface area contributed by atoms with Gasteiger partial charge in [-0.2, -0.15) is 5.10 Å². The molecule has 0 aliphatic carbocycles. The molecule has 4 heterocycles. The van der Waals surface area contributed by atoms with Gasteiger partial charge in [0.15, 0.2) is 9.84 Å². The topological polar surface area (TPSA) is 87.9 Å². The number of aromatic nitrogens is 2. The summed E-state index contributed by atoms with van der Waals surface area (Å²) in [4.78, 5) is 4.83. The average molecular weight is 521 g/mol. The summed E-state index contributed by atoms with van der Waals surface area (Å²) in [6.07, 6.45) is 1.39. The first-order valence-electron chi connectivity index (χ1n) is 12.9. The molecule has 0 radical (unpaired) electrons. The molecule has 1 N–H and O–H groups in total. The fraction of sp³-hybridized carbons (Fsp3) is 0.393. The Morgan fingerprint density at radius 2 is 1.81 bits per heavy atom. The predicted molar refractivity (Wildman–Crippen MR) is 142 cm³/mol. The molecular formula is C28H32N4O4S. The molecule has 3 aromatic rings. The van der Waals surface area contributed by atoms with Crippen LogP contribution in [0.15, 0.2) is 60.0 Å². The molecule has 194 valence electrons. The van der Waals surface area contributed by atoms with Gasteiger partial charge in [0.1, 0.15) is 5.69 Å². The summed E-state index contributed by atoms with van der Waals surface area (Å²) >= 11 is 0. The molecule has 2 saturated heterocycles. The van der Waals surface area contributed by atoms with Crippen LogP contribution in [0.4, 0.5) is 0 Å². The van der Waals surface area contributed by atoms with E-state index in [1.54, 1.807) is 12.1 Å². The Balaban J connectivity index is 1.44. The molecule has 6 rings (SSSR count).